The first-order valence-electron chi connectivity index (χ1n) is 18.5. The fourth-order valence-corrected chi connectivity index (χ4v) is 4.67. The normalized spacial score (nSPS) is 11.6. The molecule has 0 rings (SSSR count). The van der Waals surface area contributed by atoms with Gasteiger partial charge in [0, 0.05) is 13.2 Å². The lowest BCUT2D eigenvalue weighted by Crippen LogP contribution is -2.15. The molecule has 8 heteroatoms. The zero-order valence-corrected chi connectivity index (χ0v) is 29.3. The third-order valence-electron chi connectivity index (χ3n) is 7.39. The first kappa shape index (κ1) is 43.7. The molecule has 0 heterocycles. The van der Waals surface area contributed by atoms with Crippen molar-refractivity contribution in [1.82, 2.24) is 0 Å². The van der Waals surface area contributed by atoms with Crippen LogP contribution >= 0.6 is 0 Å². The van der Waals surface area contributed by atoms with Gasteiger partial charge in [0.2, 0.25) is 0 Å². The number of hydrogen-bond acceptors (Lipinski definition) is 8. The van der Waals surface area contributed by atoms with Crippen LogP contribution in [-0.2, 0) is 37.9 Å². The molecule has 0 aromatic rings. The van der Waals surface area contributed by atoms with Gasteiger partial charge in [0.25, 0.3) is 0 Å². The largest absolute Gasteiger partial charge is 0.379 e. The van der Waals surface area contributed by atoms with Crippen molar-refractivity contribution in [2.75, 3.05) is 106 Å². The van der Waals surface area contributed by atoms with Crippen LogP contribution in [0.2, 0.25) is 0 Å². The summed E-state index contributed by atoms with van der Waals surface area (Å²) in [6, 6.07) is 0. The first-order chi connectivity index (χ1) is 21.9. The number of hydrogen-bond donors (Lipinski definition) is 0. The van der Waals surface area contributed by atoms with Gasteiger partial charge < -0.3 is 37.9 Å². The fraction of sp³-hybridized carbons (Fsp3) is 1.00. The molecule has 0 aliphatic rings. The highest BCUT2D eigenvalue weighted by Crippen LogP contribution is 2.10. The Morgan fingerprint density at radius 2 is 0.341 bits per heavy atom. The van der Waals surface area contributed by atoms with Gasteiger partial charge in [-0.3, -0.25) is 0 Å². The van der Waals surface area contributed by atoms with Gasteiger partial charge in [0.1, 0.15) is 0 Å². The zero-order chi connectivity index (χ0) is 31.7. The molecule has 0 spiro atoms. The maximum atomic E-state index is 5.65. The highest BCUT2D eigenvalue weighted by atomic mass is 16.6. The predicted octanol–water partition coefficient (Wildman–Crippen LogP) is 8.18. The Morgan fingerprint density at radius 1 is 0.182 bits per heavy atom. The second-order valence-corrected chi connectivity index (χ2v) is 11.6. The van der Waals surface area contributed by atoms with E-state index in [1.165, 1.54) is 103 Å². The molecule has 0 aliphatic heterocycles. The molecule has 0 saturated carbocycles. The maximum absolute atomic E-state index is 5.65. The summed E-state index contributed by atoms with van der Waals surface area (Å²) < 4.78 is 44.5. The lowest BCUT2D eigenvalue weighted by molar-refractivity contribution is -0.0232. The van der Waals surface area contributed by atoms with E-state index in [1.54, 1.807) is 0 Å². The van der Waals surface area contributed by atoms with Crippen molar-refractivity contribution in [3.8, 4) is 0 Å². The van der Waals surface area contributed by atoms with E-state index in [2.05, 4.69) is 13.8 Å². The Morgan fingerprint density at radius 3 is 0.545 bits per heavy atom. The average Bonchev–Trinajstić information content (AvgIpc) is 3.04. The van der Waals surface area contributed by atoms with Crippen LogP contribution in [0.4, 0.5) is 0 Å². The minimum Gasteiger partial charge on any atom is -0.379 e. The van der Waals surface area contributed by atoms with Gasteiger partial charge in [0.15, 0.2) is 0 Å². The molecule has 0 unspecified atom stereocenters. The third kappa shape index (κ3) is 41.7. The zero-order valence-electron chi connectivity index (χ0n) is 29.3. The van der Waals surface area contributed by atoms with E-state index in [4.69, 9.17) is 37.9 Å². The molecule has 44 heavy (non-hydrogen) atoms. The molecule has 0 bridgehead atoms. The van der Waals surface area contributed by atoms with Crippen LogP contribution in [0.25, 0.3) is 0 Å². The summed E-state index contributed by atoms with van der Waals surface area (Å²) in [5.41, 5.74) is 0. The van der Waals surface area contributed by atoms with Crippen LogP contribution in [0.15, 0.2) is 0 Å². The Bertz CT molecular complexity index is 441. The molecule has 266 valence electrons. The van der Waals surface area contributed by atoms with Crippen LogP contribution < -0.4 is 0 Å². The van der Waals surface area contributed by atoms with Gasteiger partial charge in [-0.15, -0.1) is 0 Å². The van der Waals surface area contributed by atoms with Crippen LogP contribution in [0.3, 0.4) is 0 Å². The quantitative estimate of drug-likeness (QED) is 0.0624. The van der Waals surface area contributed by atoms with E-state index in [-0.39, 0.29) is 0 Å². The molecule has 0 radical (unpaired) electrons. The van der Waals surface area contributed by atoms with E-state index >= 15 is 0 Å². The maximum Gasteiger partial charge on any atom is 0.0701 e. The number of ether oxygens (including phenoxy) is 8. The fourth-order valence-electron chi connectivity index (χ4n) is 4.67. The van der Waals surface area contributed by atoms with Crippen molar-refractivity contribution in [2.24, 2.45) is 0 Å². The molecule has 0 fully saturated rings. The molecule has 8 nitrogen and oxygen atoms in total. The summed E-state index contributed by atoms with van der Waals surface area (Å²) in [5, 5.41) is 0. The predicted molar refractivity (Wildman–Crippen MR) is 181 cm³/mol. The van der Waals surface area contributed by atoms with Gasteiger partial charge >= 0.3 is 0 Å². The lowest BCUT2D eigenvalue weighted by Gasteiger charge is -2.09. The standard InChI is InChI=1S/C36H74O8/c1-3-5-7-9-11-13-14-16-18-20-22-38-24-26-40-28-30-42-32-34-44-36-35-43-33-31-41-29-27-39-25-23-37-21-19-17-15-12-10-8-6-4-2/h3-36H2,1-2H3. The average molecular weight is 635 g/mol. The van der Waals surface area contributed by atoms with E-state index in [0.29, 0.717) is 92.5 Å². The van der Waals surface area contributed by atoms with Crippen LogP contribution in [0, 0.1) is 0 Å². The highest BCUT2D eigenvalue weighted by molar-refractivity contribution is 4.48. The third-order valence-corrected chi connectivity index (χ3v) is 7.39. The van der Waals surface area contributed by atoms with Crippen molar-refractivity contribution in [2.45, 2.75) is 129 Å². The highest BCUT2D eigenvalue weighted by Gasteiger charge is 1.97. The van der Waals surface area contributed by atoms with Crippen molar-refractivity contribution in [3.63, 3.8) is 0 Å². The van der Waals surface area contributed by atoms with E-state index in [0.717, 1.165) is 26.1 Å². The van der Waals surface area contributed by atoms with Gasteiger partial charge in [-0.1, -0.05) is 117 Å². The molecule has 0 aliphatic carbocycles. The van der Waals surface area contributed by atoms with Gasteiger partial charge in [0.05, 0.1) is 92.5 Å². The summed E-state index contributed by atoms with van der Waals surface area (Å²) in [5.74, 6) is 0. The van der Waals surface area contributed by atoms with E-state index in [9.17, 15) is 0 Å². The van der Waals surface area contributed by atoms with Gasteiger partial charge in [-0.05, 0) is 12.8 Å². The van der Waals surface area contributed by atoms with Crippen LogP contribution in [0.1, 0.15) is 129 Å². The molecule has 0 aromatic heterocycles. The first-order valence-corrected chi connectivity index (χ1v) is 18.5. The number of unbranched alkanes of at least 4 members (excludes halogenated alkanes) is 16. The number of rotatable bonds is 41. The van der Waals surface area contributed by atoms with Gasteiger partial charge in [-0.25, -0.2) is 0 Å². The second-order valence-electron chi connectivity index (χ2n) is 11.6. The monoisotopic (exact) mass is 635 g/mol. The molecule has 0 amide bonds. The smallest absolute Gasteiger partial charge is 0.0701 e. The Balaban J connectivity index is 3.03. The van der Waals surface area contributed by atoms with Crippen LogP contribution in [0.5, 0.6) is 0 Å². The summed E-state index contributed by atoms with van der Waals surface area (Å²) in [6.07, 6.45) is 24.1. The summed E-state index contributed by atoms with van der Waals surface area (Å²) in [4.78, 5) is 0. The lowest BCUT2D eigenvalue weighted by atomic mass is 10.1. The topological polar surface area (TPSA) is 73.8 Å². The molecule has 0 aromatic carbocycles. The summed E-state index contributed by atoms with van der Waals surface area (Å²) in [7, 11) is 0. The summed E-state index contributed by atoms with van der Waals surface area (Å²) >= 11 is 0. The van der Waals surface area contributed by atoms with E-state index < -0.39 is 0 Å². The van der Waals surface area contributed by atoms with Crippen LogP contribution in [-0.4, -0.2) is 106 Å². The Kier molecular flexibility index (Phi) is 42.4. The van der Waals surface area contributed by atoms with Crippen molar-refractivity contribution < 1.29 is 37.9 Å². The summed E-state index contributed by atoms with van der Waals surface area (Å²) in [6.45, 7) is 14.5. The molecule has 0 N–H and O–H groups in total. The minimum absolute atomic E-state index is 0.554. The van der Waals surface area contributed by atoms with Gasteiger partial charge in [-0.2, -0.15) is 0 Å². The molecular weight excluding hydrogens is 560 g/mol. The minimum atomic E-state index is 0.554. The van der Waals surface area contributed by atoms with E-state index in [1.807, 2.05) is 0 Å². The molecule has 0 atom stereocenters. The second kappa shape index (κ2) is 42.7. The van der Waals surface area contributed by atoms with Crippen molar-refractivity contribution >= 4 is 0 Å². The Labute approximate surface area is 272 Å². The molecule has 0 saturated heterocycles. The van der Waals surface area contributed by atoms with Crippen molar-refractivity contribution in [1.29, 1.82) is 0 Å². The Hall–Kier alpha value is -0.320. The molecular formula is C36H74O8. The SMILES string of the molecule is CCCCCCCCCCCCOCCOCCOCCOCCOCCOCCOCCOCCCCCCCCCC. The van der Waals surface area contributed by atoms with Crippen molar-refractivity contribution in [3.05, 3.63) is 0 Å².